The van der Waals surface area contributed by atoms with Crippen molar-refractivity contribution in [3.8, 4) is 22.7 Å². The van der Waals surface area contributed by atoms with Crippen molar-refractivity contribution in [1.29, 1.82) is 0 Å². The van der Waals surface area contributed by atoms with Crippen molar-refractivity contribution in [2.45, 2.75) is 13.0 Å². The lowest BCUT2D eigenvalue weighted by Crippen LogP contribution is -2.40. The lowest BCUT2D eigenvalue weighted by Gasteiger charge is -2.24. The summed E-state index contributed by atoms with van der Waals surface area (Å²) in [6.07, 6.45) is 5.14. The fraction of sp³-hybridized carbons (Fsp3) is 0.139. The van der Waals surface area contributed by atoms with Crippen LogP contribution in [0.15, 0.2) is 119 Å². The number of rotatable bonds is 9. The second kappa shape index (κ2) is 13.3. The average Bonchev–Trinajstić information content (AvgIpc) is 3.67. The predicted molar refractivity (Wildman–Crippen MR) is 178 cm³/mol. The molecular weight excluding hydrogens is 616 g/mol. The molecule has 0 aliphatic carbocycles. The minimum absolute atomic E-state index is 0.00638. The topological polar surface area (TPSA) is 114 Å². The summed E-state index contributed by atoms with van der Waals surface area (Å²) in [7, 11) is 2.91. The maximum Gasteiger partial charge on any atom is 0.338 e. The summed E-state index contributed by atoms with van der Waals surface area (Å²) in [6, 6.07) is 23.0. The van der Waals surface area contributed by atoms with Crippen molar-refractivity contribution in [3.05, 3.63) is 145 Å². The molecule has 0 radical (unpaired) electrons. The molecule has 1 aliphatic rings. The molecule has 0 amide bonds. The van der Waals surface area contributed by atoms with Crippen LogP contribution in [0.25, 0.3) is 23.0 Å². The third-order valence-corrected chi connectivity index (χ3v) is 8.62. The van der Waals surface area contributed by atoms with E-state index in [9.17, 15) is 14.4 Å². The van der Waals surface area contributed by atoms with Gasteiger partial charge in [-0.3, -0.25) is 9.36 Å². The second-order valence-corrected chi connectivity index (χ2v) is 11.5. The summed E-state index contributed by atoms with van der Waals surface area (Å²) in [5, 5.41) is 4.88. The molecule has 0 fully saturated rings. The Bertz CT molecular complexity index is 2190. The van der Waals surface area contributed by atoms with Crippen LogP contribution in [0.1, 0.15) is 34.5 Å². The van der Waals surface area contributed by atoms with E-state index in [-0.39, 0.29) is 17.7 Å². The van der Waals surface area contributed by atoms with Crippen molar-refractivity contribution in [3.63, 3.8) is 0 Å². The second-order valence-electron chi connectivity index (χ2n) is 10.5. The summed E-state index contributed by atoms with van der Waals surface area (Å²) in [5.41, 5.74) is 4.31. The molecule has 6 rings (SSSR count). The summed E-state index contributed by atoms with van der Waals surface area (Å²) in [5.74, 6) is -0.404. The predicted octanol–water partition coefficient (Wildman–Crippen LogP) is 4.61. The highest BCUT2D eigenvalue weighted by molar-refractivity contribution is 7.07. The molecule has 3 aromatic carbocycles. The average molecular weight is 647 g/mol. The summed E-state index contributed by atoms with van der Waals surface area (Å²) in [4.78, 5) is 44.9. The van der Waals surface area contributed by atoms with E-state index in [2.05, 4.69) is 11.6 Å². The van der Waals surface area contributed by atoms with Gasteiger partial charge < -0.3 is 14.2 Å². The van der Waals surface area contributed by atoms with Crippen LogP contribution in [0.5, 0.6) is 5.75 Å². The highest BCUT2D eigenvalue weighted by atomic mass is 32.1. The number of allylic oxidation sites excluding steroid dienone is 1. The molecule has 3 heterocycles. The standard InChI is InChI=1S/C36H30N4O6S/c1-5-19-46-35(43)30-22(2)37-36-40(32(30)24-11-13-25(14-12-24)34(42)45-4)33(41)29(47-36)20-26-21-39(27-9-7-6-8-10-27)38-31(26)23-15-17-28(44-3)18-16-23/h5-18,20-21,32H,1,19H2,2-4H3. The monoisotopic (exact) mass is 646 g/mol. The molecule has 0 bridgehead atoms. The van der Waals surface area contributed by atoms with Crippen LogP contribution in [0, 0.1) is 0 Å². The third kappa shape index (κ3) is 6.08. The Balaban J connectivity index is 1.53. The van der Waals surface area contributed by atoms with Gasteiger partial charge in [0.2, 0.25) is 0 Å². The maximum absolute atomic E-state index is 14.3. The van der Waals surface area contributed by atoms with Crippen LogP contribution in [0.3, 0.4) is 0 Å². The van der Waals surface area contributed by atoms with E-state index >= 15 is 0 Å². The van der Waals surface area contributed by atoms with Crippen LogP contribution < -0.4 is 19.6 Å². The largest absolute Gasteiger partial charge is 0.497 e. The Morgan fingerprint density at radius 1 is 0.979 bits per heavy atom. The number of thiazole rings is 1. The van der Waals surface area contributed by atoms with E-state index < -0.39 is 18.0 Å². The van der Waals surface area contributed by atoms with Crippen molar-refractivity contribution in [2.75, 3.05) is 20.8 Å². The number of methoxy groups -OCH3 is 2. The molecule has 1 aliphatic heterocycles. The number of aromatic nitrogens is 3. The smallest absolute Gasteiger partial charge is 0.338 e. The number of hydrogen-bond donors (Lipinski definition) is 0. The molecule has 0 saturated heterocycles. The quantitative estimate of drug-likeness (QED) is 0.170. The van der Waals surface area contributed by atoms with E-state index in [1.54, 1.807) is 49.1 Å². The first-order valence-corrected chi connectivity index (χ1v) is 15.4. The summed E-state index contributed by atoms with van der Waals surface area (Å²) in [6.45, 7) is 5.33. The van der Waals surface area contributed by atoms with Gasteiger partial charge in [0.1, 0.15) is 18.1 Å². The van der Waals surface area contributed by atoms with Crippen LogP contribution in [-0.4, -0.2) is 47.1 Å². The number of esters is 2. The van der Waals surface area contributed by atoms with Gasteiger partial charge in [-0.1, -0.05) is 54.3 Å². The van der Waals surface area contributed by atoms with Gasteiger partial charge in [0.15, 0.2) is 4.80 Å². The maximum atomic E-state index is 14.3. The number of para-hydroxylation sites is 1. The van der Waals surface area contributed by atoms with Crippen LogP contribution in [0.2, 0.25) is 0 Å². The molecule has 47 heavy (non-hydrogen) atoms. The Kier molecular flexibility index (Phi) is 8.81. The van der Waals surface area contributed by atoms with Gasteiger partial charge in [0.25, 0.3) is 5.56 Å². The third-order valence-electron chi connectivity index (χ3n) is 7.63. The SMILES string of the molecule is C=CCOC(=O)C1=C(C)N=c2sc(=Cc3cn(-c4ccccc4)nc3-c3ccc(OC)cc3)c(=O)n2C1c1ccc(C(=O)OC)cc1. The zero-order valence-electron chi connectivity index (χ0n) is 25.9. The summed E-state index contributed by atoms with van der Waals surface area (Å²) < 4.78 is 19.3. The van der Waals surface area contributed by atoms with Gasteiger partial charge in [0, 0.05) is 17.3 Å². The highest BCUT2D eigenvalue weighted by Gasteiger charge is 2.33. The Morgan fingerprint density at radius 2 is 1.70 bits per heavy atom. The fourth-order valence-electron chi connectivity index (χ4n) is 5.35. The molecule has 10 nitrogen and oxygen atoms in total. The number of nitrogens with zero attached hydrogens (tertiary/aromatic N) is 4. The fourth-order valence-corrected chi connectivity index (χ4v) is 6.39. The van der Waals surface area contributed by atoms with Crippen molar-refractivity contribution in [2.24, 2.45) is 4.99 Å². The number of fused-ring (bicyclic) bond motifs is 1. The van der Waals surface area contributed by atoms with Gasteiger partial charge in [-0.15, -0.1) is 0 Å². The molecule has 1 atom stereocenters. The molecule has 236 valence electrons. The minimum atomic E-state index is -0.856. The lowest BCUT2D eigenvalue weighted by atomic mass is 9.95. The first-order valence-electron chi connectivity index (χ1n) is 14.6. The van der Waals surface area contributed by atoms with Gasteiger partial charge in [-0.25, -0.2) is 19.3 Å². The van der Waals surface area contributed by atoms with Crippen LogP contribution >= 0.6 is 11.3 Å². The molecule has 11 heteroatoms. The number of ether oxygens (including phenoxy) is 3. The van der Waals surface area contributed by atoms with E-state index in [1.807, 2.05) is 60.8 Å². The first kappa shape index (κ1) is 31.2. The zero-order valence-corrected chi connectivity index (χ0v) is 26.7. The number of carbonyl (C=O) groups excluding carboxylic acids is 2. The van der Waals surface area contributed by atoms with Crippen LogP contribution in [-0.2, 0) is 14.3 Å². The van der Waals surface area contributed by atoms with Crippen molar-refractivity contribution in [1.82, 2.24) is 14.3 Å². The van der Waals surface area contributed by atoms with Gasteiger partial charge in [0.05, 0.1) is 47.3 Å². The molecular formula is C36H30N4O6S. The summed E-state index contributed by atoms with van der Waals surface area (Å²) >= 11 is 1.21. The Hall–Kier alpha value is -5.81. The van der Waals surface area contributed by atoms with Gasteiger partial charge in [-0.05, 0) is 67.1 Å². The van der Waals surface area contributed by atoms with Gasteiger partial charge >= 0.3 is 11.9 Å². The molecule has 5 aromatic rings. The van der Waals surface area contributed by atoms with Gasteiger partial charge in [-0.2, -0.15) is 5.10 Å². The van der Waals surface area contributed by atoms with E-state index in [0.717, 1.165) is 11.3 Å². The minimum Gasteiger partial charge on any atom is -0.497 e. The van der Waals surface area contributed by atoms with E-state index in [1.165, 1.54) is 29.1 Å². The Labute approximate surface area is 273 Å². The molecule has 0 N–H and O–H groups in total. The molecule has 0 spiro atoms. The first-order chi connectivity index (χ1) is 22.8. The van der Waals surface area contributed by atoms with Crippen molar-refractivity contribution >= 4 is 29.4 Å². The number of hydrogen-bond acceptors (Lipinski definition) is 9. The molecule has 1 unspecified atom stereocenters. The van der Waals surface area contributed by atoms with E-state index in [0.29, 0.717) is 43.2 Å². The van der Waals surface area contributed by atoms with Crippen molar-refractivity contribution < 1.29 is 23.8 Å². The number of benzene rings is 3. The van der Waals surface area contributed by atoms with Crippen LogP contribution in [0.4, 0.5) is 0 Å². The lowest BCUT2D eigenvalue weighted by molar-refractivity contribution is -0.138. The number of carbonyl (C=O) groups is 2. The van der Waals surface area contributed by atoms with E-state index in [4.69, 9.17) is 19.3 Å². The zero-order chi connectivity index (χ0) is 33.1. The molecule has 0 saturated carbocycles. The highest BCUT2D eigenvalue weighted by Crippen LogP contribution is 2.31. The normalized spacial score (nSPS) is 14.3. The Morgan fingerprint density at radius 3 is 2.36 bits per heavy atom. The molecule has 2 aromatic heterocycles.